The quantitative estimate of drug-likeness (QED) is 0.700. The molecule has 8 heteroatoms. The summed E-state index contributed by atoms with van der Waals surface area (Å²) in [6.45, 7) is 6.05. The van der Waals surface area contributed by atoms with E-state index in [9.17, 15) is 14.0 Å². The molecule has 30 heavy (non-hydrogen) atoms. The van der Waals surface area contributed by atoms with Crippen LogP contribution in [0.25, 0.3) is 0 Å². The first kappa shape index (κ1) is 21.6. The van der Waals surface area contributed by atoms with E-state index in [2.05, 4.69) is 10.2 Å². The second-order valence-electron chi connectivity index (χ2n) is 6.93. The molecule has 0 bridgehead atoms. The molecule has 160 valence electrons. The van der Waals surface area contributed by atoms with Gasteiger partial charge in [0.2, 0.25) is 0 Å². The van der Waals surface area contributed by atoms with Crippen molar-refractivity contribution in [1.29, 1.82) is 0 Å². The third-order valence-electron chi connectivity index (χ3n) is 4.63. The van der Waals surface area contributed by atoms with Crippen LogP contribution in [0.3, 0.4) is 0 Å². The number of benzene rings is 2. The van der Waals surface area contributed by atoms with Crippen molar-refractivity contribution in [2.45, 2.75) is 26.1 Å². The summed E-state index contributed by atoms with van der Waals surface area (Å²) in [5, 5.41) is 2.73. The molecule has 7 nitrogen and oxygen atoms in total. The van der Waals surface area contributed by atoms with Crippen LogP contribution >= 0.6 is 0 Å². The number of hydrogen-bond donors (Lipinski definition) is 1. The molecular weight excluding hydrogens is 391 g/mol. The highest BCUT2D eigenvalue weighted by molar-refractivity contribution is 5.95. The molecule has 1 heterocycles. The molecule has 0 saturated carbocycles. The maximum absolute atomic E-state index is 12.9. The van der Waals surface area contributed by atoms with Crippen LogP contribution in [0.5, 0.6) is 5.75 Å². The van der Waals surface area contributed by atoms with Crippen molar-refractivity contribution in [1.82, 2.24) is 0 Å². The number of carbonyl (C=O) groups excluding carboxylic acids is 2. The van der Waals surface area contributed by atoms with Gasteiger partial charge in [0.15, 0.2) is 12.2 Å². The molecule has 2 aromatic rings. The second kappa shape index (κ2) is 10.1. The molecule has 3 rings (SSSR count). The third-order valence-corrected chi connectivity index (χ3v) is 4.63. The average Bonchev–Trinajstić information content (AvgIpc) is 2.76. The maximum atomic E-state index is 12.9. The van der Waals surface area contributed by atoms with E-state index < -0.39 is 29.9 Å². The number of carbonyl (C=O) groups is 2. The van der Waals surface area contributed by atoms with E-state index in [1.807, 2.05) is 12.1 Å². The molecule has 1 fully saturated rings. The van der Waals surface area contributed by atoms with Crippen LogP contribution < -0.4 is 15.0 Å². The Hall–Kier alpha value is -3.13. The van der Waals surface area contributed by atoms with Crippen molar-refractivity contribution in [3.05, 3.63) is 54.3 Å². The number of halogens is 1. The average molecular weight is 416 g/mol. The Balaban J connectivity index is 1.48. The SMILES string of the molecule is C[C@H](OC(=O)[C@@H](C)Oc1ccc(F)cc1)C(=O)Nc1ccc(N2CCOCC2)cc1. The van der Waals surface area contributed by atoms with Gasteiger partial charge in [0.05, 0.1) is 13.2 Å². The lowest BCUT2D eigenvalue weighted by Crippen LogP contribution is -2.36. The molecule has 0 radical (unpaired) electrons. The summed E-state index contributed by atoms with van der Waals surface area (Å²) in [6.07, 6.45) is -1.95. The van der Waals surface area contributed by atoms with Crippen molar-refractivity contribution >= 4 is 23.3 Å². The molecule has 0 spiro atoms. The van der Waals surface area contributed by atoms with Crippen LogP contribution in [0.15, 0.2) is 48.5 Å². The largest absolute Gasteiger partial charge is 0.479 e. The van der Waals surface area contributed by atoms with Crippen LogP contribution in [0.2, 0.25) is 0 Å². The first-order valence-corrected chi connectivity index (χ1v) is 9.79. The van der Waals surface area contributed by atoms with Crippen molar-refractivity contribution in [3.8, 4) is 5.75 Å². The Bertz CT molecular complexity index is 851. The lowest BCUT2D eigenvalue weighted by atomic mass is 10.2. The van der Waals surface area contributed by atoms with Gasteiger partial charge in [0.1, 0.15) is 11.6 Å². The Morgan fingerprint density at radius 1 is 1.00 bits per heavy atom. The molecule has 1 aliphatic heterocycles. The molecule has 1 N–H and O–H groups in total. The Morgan fingerprint density at radius 3 is 2.27 bits per heavy atom. The number of hydrogen-bond acceptors (Lipinski definition) is 6. The predicted molar refractivity (Wildman–Crippen MR) is 110 cm³/mol. The lowest BCUT2D eigenvalue weighted by molar-refractivity contribution is -0.159. The highest BCUT2D eigenvalue weighted by Gasteiger charge is 2.23. The standard InChI is InChI=1S/C22H25FN2O5/c1-15(30-22(27)16(2)29-20-9-3-17(23)4-10-20)21(26)24-18-5-7-19(8-6-18)25-11-13-28-14-12-25/h3-10,15-16H,11-14H2,1-2H3,(H,24,26)/t15-,16+/m0/s1. The topological polar surface area (TPSA) is 77.1 Å². The molecule has 1 saturated heterocycles. The number of nitrogens with zero attached hydrogens (tertiary/aromatic N) is 1. The number of amides is 1. The second-order valence-corrected chi connectivity index (χ2v) is 6.93. The van der Waals surface area contributed by atoms with Crippen LogP contribution in [0.4, 0.5) is 15.8 Å². The summed E-state index contributed by atoms with van der Waals surface area (Å²) < 4.78 is 28.9. The van der Waals surface area contributed by atoms with E-state index in [4.69, 9.17) is 14.2 Å². The van der Waals surface area contributed by atoms with Gasteiger partial charge < -0.3 is 24.4 Å². The minimum absolute atomic E-state index is 0.332. The monoisotopic (exact) mass is 416 g/mol. The summed E-state index contributed by atoms with van der Waals surface area (Å²) in [5.41, 5.74) is 1.66. The van der Waals surface area contributed by atoms with Crippen molar-refractivity contribution in [3.63, 3.8) is 0 Å². The van der Waals surface area contributed by atoms with E-state index in [-0.39, 0.29) is 0 Å². The zero-order chi connectivity index (χ0) is 21.5. The van der Waals surface area contributed by atoms with E-state index >= 15 is 0 Å². The number of ether oxygens (including phenoxy) is 3. The van der Waals surface area contributed by atoms with Crippen molar-refractivity contribution in [2.75, 3.05) is 36.5 Å². The zero-order valence-corrected chi connectivity index (χ0v) is 17.0. The van der Waals surface area contributed by atoms with E-state index in [0.29, 0.717) is 24.7 Å². The van der Waals surface area contributed by atoms with Gasteiger partial charge in [-0.1, -0.05) is 0 Å². The Morgan fingerprint density at radius 2 is 1.63 bits per heavy atom. The first-order valence-electron chi connectivity index (χ1n) is 9.79. The smallest absolute Gasteiger partial charge is 0.347 e. The number of rotatable bonds is 7. The van der Waals surface area contributed by atoms with E-state index in [0.717, 1.165) is 18.8 Å². The fraction of sp³-hybridized carbons (Fsp3) is 0.364. The fourth-order valence-electron chi connectivity index (χ4n) is 2.91. The number of esters is 1. The van der Waals surface area contributed by atoms with Gasteiger partial charge in [-0.05, 0) is 62.4 Å². The maximum Gasteiger partial charge on any atom is 0.347 e. The van der Waals surface area contributed by atoms with Gasteiger partial charge in [0, 0.05) is 24.5 Å². The molecular formula is C22H25FN2O5. The third kappa shape index (κ3) is 5.93. The van der Waals surface area contributed by atoms with Gasteiger partial charge in [-0.15, -0.1) is 0 Å². The summed E-state index contributed by atoms with van der Waals surface area (Å²) in [7, 11) is 0. The molecule has 0 aromatic heterocycles. The number of morpholine rings is 1. The lowest BCUT2D eigenvalue weighted by Gasteiger charge is -2.29. The molecule has 0 unspecified atom stereocenters. The van der Waals surface area contributed by atoms with Gasteiger partial charge in [-0.3, -0.25) is 4.79 Å². The van der Waals surface area contributed by atoms with Crippen molar-refractivity contribution in [2.24, 2.45) is 0 Å². The zero-order valence-electron chi connectivity index (χ0n) is 17.0. The minimum atomic E-state index is -1.00. The van der Waals surface area contributed by atoms with Gasteiger partial charge in [0.25, 0.3) is 5.91 Å². The number of anilines is 2. The fourth-order valence-corrected chi connectivity index (χ4v) is 2.91. The Kier molecular flexibility index (Phi) is 7.24. The minimum Gasteiger partial charge on any atom is -0.479 e. The number of nitrogens with one attached hydrogen (secondary N) is 1. The molecule has 1 amide bonds. The highest BCUT2D eigenvalue weighted by Crippen LogP contribution is 2.19. The van der Waals surface area contributed by atoms with Gasteiger partial charge in [-0.2, -0.15) is 0 Å². The van der Waals surface area contributed by atoms with Crippen LogP contribution in [-0.4, -0.2) is 50.4 Å². The van der Waals surface area contributed by atoms with E-state index in [1.54, 1.807) is 12.1 Å². The van der Waals surface area contributed by atoms with E-state index in [1.165, 1.54) is 38.1 Å². The van der Waals surface area contributed by atoms with Crippen molar-refractivity contribution < 1.29 is 28.2 Å². The van der Waals surface area contributed by atoms with Crippen LogP contribution in [0, 0.1) is 5.82 Å². The summed E-state index contributed by atoms with van der Waals surface area (Å²) in [4.78, 5) is 26.7. The Labute approximate surface area is 174 Å². The highest BCUT2D eigenvalue weighted by atomic mass is 19.1. The first-order chi connectivity index (χ1) is 14.4. The normalized spacial score (nSPS) is 15.8. The molecule has 2 aromatic carbocycles. The molecule has 0 aliphatic carbocycles. The van der Waals surface area contributed by atoms with Gasteiger partial charge >= 0.3 is 5.97 Å². The van der Waals surface area contributed by atoms with Crippen LogP contribution in [0.1, 0.15) is 13.8 Å². The van der Waals surface area contributed by atoms with Gasteiger partial charge in [-0.25, -0.2) is 9.18 Å². The van der Waals surface area contributed by atoms with Crippen LogP contribution in [-0.2, 0) is 19.1 Å². The summed E-state index contributed by atoms with van der Waals surface area (Å²) in [5.74, 6) is -1.21. The molecule has 2 atom stereocenters. The predicted octanol–water partition coefficient (Wildman–Crippen LogP) is 3.00. The summed E-state index contributed by atoms with van der Waals surface area (Å²) >= 11 is 0. The molecule has 1 aliphatic rings. The summed E-state index contributed by atoms with van der Waals surface area (Å²) in [6, 6.07) is 12.7.